The number of rotatable bonds is 1. The first-order valence-electron chi connectivity index (χ1n) is 5.87. The third-order valence-electron chi connectivity index (χ3n) is 3.86. The van der Waals surface area contributed by atoms with Gasteiger partial charge >= 0.3 is 0 Å². The molecule has 1 saturated carbocycles. The second-order valence-electron chi connectivity index (χ2n) is 4.71. The lowest BCUT2D eigenvalue weighted by Crippen LogP contribution is -2.19. The van der Waals surface area contributed by atoms with Crippen molar-refractivity contribution in [2.45, 2.75) is 38.3 Å². The summed E-state index contributed by atoms with van der Waals surface area (Å²) in [6.45, 7) is 1.04. The number of halogens is 1. The summed E-state index contributed by atoms with van der Waals surface area (Å²) in [6, 6.07) is 7.23. The molecule has 1 heterocycles. The van der Waals surface area contributed by atoms with Gasteiger partial charge in [0.2, 0.25) is 0 Å². The van der Waals surface area contributed by atoms with Crippen molar-refractivity contribution in [1.82, 2.24) is 5.32 Å². The van der Waals surface area contributed by atoms with E-state index in [1.54, 1.807) is 0 Å². The number of nitrogens with one attached hydrogen (secondary N) is 1. The van der Waals surface area contributed by atoms with Crippen LogP contribution in [0.15, 0.2) is 22.7 Å². The molecule has 0 spiro atoms. The zero-order valence-electron chi connectivity index (χ0n) is 8.80. The summed E-state index contributed by atoms with van der Waals surface area (Å²) in [7, 11) is 0. The fourth-order valence-electron chi connectivity index (χ4n) is 3.09. The monoisotopic (exact) mass is 265 g/mol. The van der Waals surface area contributed by atoms with Gasteiger partial charge in [0.05, 0.1) is 0 Å². The van der Waals surface area contributed by atoms with E-state index in [2.05, 4.69) is 39.4 Å². The molecule has 3 rings (SSSR count). The molecule has 0 aromatic heterocycles. The van der Waals surface area contributed by atoms with E-state index in [9.17, 15) is 0 Å². The average Bonchev–Trinajstić information content (AvgIpc) is 2.85. The lowest BCUT2D eigenvalue weighted by Gasteiger charge is -2.19. The van der Waals surface area contributed by atoms with Crippen molar-refractivity contribution < 1.29 is 0 Å². The summed E-state index contributed by atoms with van der Waals surface area (Å²) in [5.74, 6) is 0.876. The molecule has 80 valence electrons. The molecular weight excluding hydrogens is 250 g/mol. The Labute approximate surface area is 99.4 Å². The molecule has 1 N–H and O–H groups in total. The van der Waals surface area contributed by atoms with Crippen LogP contribution in [0, 0.1) is 5.92 Å². The molecule has 15 heavy (non-hydrogen) atoms. The summed E-state index contributed by atoms with van der Waals surface area (Å²) in [6.07, 6.45) is 5.66. The zero-order chi connectivity index (χ0) is 10.3. The highest BCUT2D eigenvalue weighted by Gasteiger charge is 2.31. The molecule has 1 aromatic carbocycles. The van der Waals surface area contributed by atoms with Gasteiger partial charge in [-0.15, -0.1) is 0 Å². The first kappa shape index (κ1) is 9.86. The van der Waals surface area contributed by atoms with Crippen LogP contribution in [0.5, 0.6) is 0 Å². The molecule has 1 fully saturated rings. The van der Waals surface area contributed by atoms with Gasteiger partial charge in [0.15, 0.2) is 0 Å². The fourth-order valence-corrected chi connectivity index (χ4v) is 3.61. The first-order chi connectivity index (χ1) is 7.36. The van der Waals surface area contributed by atoms with E-state index in [0.717, 1.165) is 12.5 Å². The topological polar surface area (TPSA) is 12.0 Å². The minimum Gasteiger partial charge on any atom is -0.306 e. The van der Waals surface area contributed by atoms with Crippen LogP contribution in [0.2, 0.25) is 0 Å². The zero-order valence-corrected chi connectivity index (χ0v) is 10.4. The highest BCUT2D eigenvalue weighted by Crippen LogP contribution is 2.41. The van der Waals surface area contributed by atoms with Gasteiger partial charge in [0.1, 0.15) is 0 Å². The predicted molar refractivity (Wildman–Crippen MR) is 65.7 cm³/mol. The van der Waals surface area contributed by atoms with Crippen molar-refractivity contribution in [3.63, 3.8) is 0 Å². The molecular formula is C13H16BrN. The van der Waals surface area contributed by atoms with Gasteiger partial charge in [-0.1, -0.05) is 40.9 Å². The summed E-state index contributed by atoms with van der Waals surface area (Å²) < 4.78 is 1.27. The van der Waals surface area contributed by atoms with Crippen LogP contribution in [0.1, 0.15) is 42.9 Å². The quantitative estimate of drug-likeness (QED) is 0.815. The third-order valence-corrected chi connectivity index (χ3v) is 4.60. The predicted octanol–water partition coefficient (Wildman–Crippen LogP) is 3.78. The SMILES string of the molecule is Brc1cccc2c1CNC2C1CCCC1. The van der Waals surface area contributed by atoms with E-state index in [1.807, 2.05) is 0 Å². The van der Waals surface area contributed by atoms with E-state index >= 15 is 0 Å². The molecule has 1 unspecified atom stereocenters. The van der Waals surface area contributed by atoms with Crippen molar-refractivity contribution >= 4 is 15.9 Å². The molecule has 0 radical (unpaired) electrons. The van der Waals surface area contributed by atoms with Crippen LogP contribution in [0.4, 0.5) is 0 Å². The molecule has 1 aromatic rings. The van der Waals surface area contributed by atoms with Crippen LogP contribution in [0.25, 0.3) is 0 Å². The van der Waals surface area contributed by atoms with Gasteiger partial charge in [-0.3, -0.25) is 0 Å². The fraction of sp³-hybridized carbons (Fsp3) is 0.538. The first-order valence-corrected chi connectivity index (χ1v) is 6.66. The minimum atomic E-state index is 0.625. The standard InChI is InChI=1S/C13H16BrN/c14-12-7-3-6-10-11(12)8-15-13(10)9-4-1-2-5-9/h3,6-7,9,13,15H,1-2,4-5,8H2. The van der Waals surface area contributed by atoms with Gasteiger partial charge in [0, 0.05) is 17.1 Å². The van der Waals surface area contributed by atoms with Crippen LogP contribution >= 0.6 is 15.9 Å². The van der Waals surface area contributed by atoms with Crippen molar-refractivity contribution in [2.75, 3.05) is 0 Å². The van der Waals surface area contributed by atoms with Crippen molar-refractivity contribution in [2.24, 2.45) is 5.92 Å². The molecule has 0 saturated heterocycles. The molecule has 0 bridgehead atoms. The Morgan fingerprint density at radius 2 is 2.00 bits per heavy atom. The second-order valence-corrected chi connectivity index (χ2v) is 5.57. The summed E-state index contributed by atoms with van der Waals surface area (Å²) in [5.41, 5.74) is 3.02. The Morgan fingerprint density at radius 1 is 1.20 bits per heavy atom. The molecule has 2 heteroatoms. The normalized spacial score (nSPS) is 25.8. The molecule has 0 amide bonds. The largest absolute Gasteiger partial charge is 0.306 e. The highest BCUT2D eigenvalue weighted by atomic mass is 79.9. The van der Waals surface area contributed by atoms with Gasteiger partial charge < -0.3 is 5.32 Å². The van der Waals surface area contributed by atoms with Crippen molar-refractivity contribution in [1.29, 1.82) is 0 Å². The Balaban J connectivity index is 1.94. The Bertz CT molecular complexity index is 369. The van der Waals surface area contributed by atoms with Gasteiger partial charge in [0.25, 0.3) is 0 Å². The van der Waals surface area contributed by atoms with E-state index in [4.69, 9.17) is 0 Å². The Morgan fingerprint density at radius 3 is 2.80 bits per heavy atom. The number of hydrogen-bond acceptors (Lipinski definition) is 1. The van der Waals surface area contributed by atoms with Gasteiger partial charge in [-0.25, -0.2) is 0 Å². The maximum atomic E-state index is 3.67. The number of benzene rings is 1. The van der Waals surface area contributed by atoms with E-state index in [1.165, 1.54) is 41.3 Å². The summed E-state index contributed by atoms with van der Waals surface area (Å²) in [5, 5.41) is 3.67. The van der Waals surface area contributed by atoms with Crippen molar-refractivity contribution in [3.05, 3.63) is 33.8 Å². The molecule has 1 nitrogen and oxygen atoms in total. The third kappa shape index (κ3) is 1.64. The minimum absolute atomic E-state index is 0.625. The highest BCUT2D eigenvalue weighted by molar-refractivity contribution is 9.10. The maximum absolute atomic E-state index is 3.67. The van der Waals surface area contributed by atoms with Crippen LogP contribution in [-0.2, 0) is 6.54 Å². The Kier molecular flexibility index (Phi) is 2.57. The van der Waals surface area contributed by atoms with Crippen LogP contribution in [0.3, 0.4) is 0 Å². The van der Waals surface area contributed by atoms with Gasteiger partial charge in [-0.2, -0.15) is 0 Å². The maximum Gasteiger partial charge on any atom is 0.0355 e. The lowest BCUT2D eigenvalue weighted by molar-refractivity contribution is 0.390. The van der Waals surface area contributed by atoms with E-state index < -0.39 is 0 Å². The summed E-state index contributed by atoms with van der Waals surface area (Å²) >= 11 is 3.64. The van der Waals surface area contributed by atoms with E-state index in [-0.39, 0.29) is 0 Å². The molecule has 2 aliphatic rings. The Hall–Kier alpha value is -0.340. The lowest BCUT2D eigenvalue weighted by atomic mass is 9.92. The number of hydrogen-bond donors (Lipinski definition) is 1. The van der Waals surface area contributed by atoms with Crippen molar-refractivity contribution in [3.8, 4) is 0 Å². The summed E-state index contributed by atoms with van der Waals surface area (Å²) in [4.78, 5) is 0. The second kappa shape index (κ2) is 3.91. The molecule has 1 aliphatic heterocycles. The van der Waals surface area contributed by atoms with Gasteiger partial charge in [-0.05, 0) is 36.0 Å². The number of fused-ring (bicyclic) bond motifs is 1. The average molecular weight is 266 g/mol. The van der Waals surface area contributed by atoms with Crippen LogP contribution < -0.4 is 5.32 Å². The molecule has 1 atom stereocenters. The smallest absolute Gasteiger partial charge is 0.0355 e. The molecule has 1 aliphatic carbocycles. The van der Waals surface area contributed by atoms with E-state index in [0.29, 0.717) is 6.04 Å². The van der Waals surface area contributed by atoms with Crippen LogP contribution in [-0.4, -0.2) is 0 Å².